The molecule has 172 valence electrons. The van der Waals surface area contributed by atoms with Gasteiger partial charge in [0.15, 0.2) is 5.13 Å². The van der Waals surface area contributed by atoms with E-state index >= 15 is 0 Å². The van der Waals surface area contributed by atoms with Crippen molar-refractivity contribution in [2.45, 2.75) is 18.2 Å². The number of carbonyl (C=O) groups excluding carboxylic acids is 3. The number of aromatic nitrogens is 1. The quantitative estimate of drug-likeness (QED) is 0.342. The lowest BCUT2D eigenvalue weighted by Crippen LogP contribution is -2.19. The number of anilines is 4. The second kappa shape index (κ2) is 10.2. The van der Waals surface area contributed by atoms with Crippen molar-refractivity contribution in [3.63, 3.8) is 0 Å². The normalized spacial score (nSPS) is 10.8. The molecule has 0 saturated carbocycles. The van der Waals surface area contributed by atoms with Crippen LogP contribution in [0.3, 0.4) is 0 Å². The minimum atomic E-state index is -3.81. The van der Waals surface area contributed by atoms with Crippen LogP contribution >= 0.6 is 11.3 Å². The Balaban J connectivity index is 1.50. The summed E-state index contributed by atoms with van der Waals surface area (Å²) < 4.78 is 22.5. The number of rotatable bonds is 7. The molecule has 0 atom stereocenters. The highest BCUT2D eigenvalue weighted by Gasteiger charge is 2.12. The van der Waals surface area contributed by atoms with Crippen LogP contribution in [0, 0.1) is 0 Å². The Labute approximate surface area is 193 Å². The van der Waals surface area contributed by atoms with Gasteiger partial charge in [-0.2, -0.15) is 0 Å². The van der Waals surface area contributed by atoms with Gasteiger partial charge in [-0.3, -0.25) is 14.9 Å². The number of primary sulfonamides is 1. The summed E-state index contributed by atoms with van der Waals surface area (Å²) in [6.07, 6.45) is -0.0403. The number of carbonyl (C=O) groups is 3. The molecule has 0 aliphatic rings. The Hall–Kier alpha value is -3.81. The predicted octanol–water partition coefficient (Wildman–Crippen LogP) is 2.57. The number of nitrogens with zero attached hydrogens (tertiary/aromatic N) is 1. The molecule has 3 rings (SSSR count). The molecule has 33 heavy (non-hydrogen) atoms. The van der Waals surface area contributed by atoms with Crippen molar-refractivity contribution in [2.75, 3.05) is 21.3 Å². The van der Waals surface area contributed by atoms with E-state index in [-0.39, 0.29) is 23.1 Å². The minimum Gasteiger partial charge on any atom is -0.326 e. The summed E-state index contributed by atoms with van der Waals surface area (Å²) in [5, 5.41) is 17.5. The number of hydrogen-bond donors (Lipinski definition) is 5. The van der Waals surface area contributed by atoms with Crippen molar-refractivity contribution >= 4 is 61.4 Å². The number of benzene rings is 2. The second-order valence-corrected chi connectivity index (χ2v) is 9.20. The van der Waals surface area contributed by atoms with Gasteiger partial charge in [-0.05, 0) is 48.5 Å². The van der Waals surface area contributed by atoms with E-state index in [0.717, 1.165) is 11.3 Å². The van der Waals surface area contributed by atoms with Crippen LogP contribution in [0.5, 0.6) is 0 Å². The maximum absolute atomic E-state index is 12.2. The SMILES string of the molecule is CC(=O)Nc1ccc(NC(=O)Nc2nc(CC(=O)Nc3ccc(S(N)(=O)=O)cc3)cs2)cc1. The maximum Gasteiger partial charge on any atom is 0.325 e. The first kappa shape index (κ1) is 23.8. The highest BCUT2D eigenvalue weighted by Crippen LogP contribution is 2.18. The zero-order valence-electron chi connectivity index (χ0n) is 17.3. The molecule has 0 saturated heterocycles. The summed E-state index contributed by atoms with van der Waals surface area (Å²) in [6, 6.07) is 11.5. The molecule has 0 fully saturated rings. The Morgan fingerprint density at radius 1 is 0.879 bits per heavy atom. The summed E-state index contributed by atoms with van der Waals surface area (Å²) >= 11 is 1.16. The average Bonchev–Trinajstić information content (AvgIpc) is 3.15. The maximum atomic E-state index is 12.2. The van der Waals surface area contributed by atoms with Gasteiger partial charge in [0.2, 0.25) is 21.8 Å². The van der Waals surface area contributed by atoms with Crippen LogP contribution in [-0.4, -0.2) is 31.2 Å². The minimum absolute atomic E-state index is 0.0403. The first-order valence-electron chi connectivity index (χ1n) is 9.41. The predicted molar refractivity (Wildman–Crippen MR) is 126 cm³/mol. The molecule has 11 nitrogen and oxygen atoms in total. The van der Waals surface area contributed by atoms with Crippen molar-refractivity contribution in [1.29, 1.82) is 0 Å². The highest BCUT2D eigenvalue weighted by molar-refractivity contribution is 7.89. The number of urea groups is 1. The van der Waals surface area contributed by atoms with E-state index in [1.54, 1.807) is 29.6 Å². The highest BCUT2D eigenvalue weighted by atomic mass is 32.2. The van der Waals surface area contributed by atoms with Gasteiger partial charge in [0, 0.05) is 29.4 Å². The van der Waals surface area contributed by atoms with Gasteiger partial charge in [-0.15, -0.1) is 11.3 Å². The molecule has 4 amide bonds. The van der Waals surface area contributed by atoms with E-state index in [4.69, 9.17) is 5.14 Å². The molecule has 0 spiro atoms. The van der Waals surface area contributed by atoms with Crippen LogP contribution in [-0.2, 0) is 26.0 Å². The fourth-order valence-corrected chi connectivity index (χ4v) is 3.86. The number of amides is 4. The van der Waals surface area contributed by atoms with Gasteiger partial charge < -0.3 is 16.0 Å². The van der Waals surface area contributed by atoms with Crippen LogP contribution in [0.25, 0.3) is 0 Å². The lowest BCUT2D eigenvalue weighted by Gasteiger charge is -2.07. The van der Waals surface area contributed by atoms with Gasteiger partial charge in [0.25, 0.3) is 0 Å². The molecule has 0 aliphatic carbocycles. The van der Waals surface area contributed by atoms with Gasteiger partial charge >= 0.3 is 6.03 Å². The standard InChI is InChI=1S/C20H20N6O5S2/c1-12(27)22-13-2-4-15(5-3-13)24-19(29)26-20-25-16(11-32-20)10-18(28)23-14-6-8-17(9-7-14)33(21,30)31/h2-9,11H,10H2,1H3,(H,22,27)(H,23,28)(H2,21,30,31)(H2,24,25,26,29). The molecule has 0 unspecified atom stereocenters. The Morgan fingerprint density at radius 3 is 2.00 bits per heavy atom. The molecule has 3 aromatic rings. The van der Waals surface area contributed by atoms with E-state index in [1.807, 2.05) is 0 Å². The molecule has 0 radical (unpaired) electrons. The Morgan fingerprint density at radius 2 is 1.42 bits per heavy atom. The molecular weight excluding hydrogens is 468 g/mol. The summed E-state index contributed by atoms with van der Waals surface area (Å²) in [7, 11) is -3.81. The van der Waals surface area contributed by atoms with Crippen molar-refractivity contribution < 1.29 is 22.8 Å². The van der Waals surface area contributed by atoms with Crippen LogP contribution in [0.15, 0.2) is 58.8 Å². The number of sulfonamides is 1. The summed E-state index contributed by atoms with van der Waals surface area (Å²) in [5.74, 6) is -0.555. The van der Waals surface area contributed by atoms with Gasteiger partial charge in [0.1, 0.15) is 0 Å². The third-order valence-electron chi connectivity index (χ3n) is 4.04. The van der Waals surface area contributed by atoms with Gasteiger partial charge in [-0.25, -0.2) is 23.3 Å². The van der Waals surface area contributed by atoms with Crippen LogP contribution in [0.2, 0.25) is 0 Å². The molecule has 2 aromatic carbocycles. The Bertz CT molecular complexity index is 1270. The topological polar surface area (TPSA) is 172 Å². The van der Waals surface area contributed by atoms with E-state index in [9.17, 15) is 22.8 Å². The molecule has 1 heterocycles. The van der Waals surface area contributed by atoms with E-state index < -0.39 is 16.1 Å². The molecule has 0 aliphatic heterocycles. The fraction of sp³-hybridized carbons (Fsp3) is 0.100. The van der Waals surface area contributed by atoms with Crippen molar-refractivity contribution in [3.05, 3.63) is 59.6 Å². The number of nitrogens with two attached hydrogens (primary N) is 1. The average molecular weight is 489 g/mol. The first-order valence-corrected chi connectivity index (χ1v) is 11.8. The summed E-state index contributed by atoms with van der Waals surface area (Å²) in [6.45, 7) is 1.40. The van der Waals surface area contributed by atoms with Crippen molar-refractivity contribution in [2.24, 2.45) is 5.14 Å². The zero-order valence-corrected chi connectivity index (χ0v) is 18.9. The number of nitrogens with one attached hydrogen (secondary N) is 4. The molecule has 6 N–H and O–H groups in total. The second-order valence-electron chi connectivity index (χ2n) is 6.78. The molecule has 13 heteroatoms. The van der Waals surface area contributed by atoms with Crippen molar-refractivity contribution in [1.82, 2.24) is 4.98 Å². The molecular formula is C20H20N6O5S2. The number of thiazole rings is 1. The monoisotopic (exact) mass is 488 g/mol. The van der Waals surface area contributed by atoms with Gasteiger partial charge in [0.05, 0.1) is 17.0 Å². The Kier molecular flexibility index (Phi) is 7.37. The van der Waals surface area contributed by atoms with E-state index in [2.05, 4.69) is 26.3 Å². The van der Waals surface area contributed by atoms with Gasteiger partial charge in [-0.1, -0.05) is 0 Å². The molecule has 1 aromatic heterocycles. The third kappa shape index (κ3) is 7.38. The lowest BCUT2D eigenvalue weighted by atomic mass is 10.3. The van der Waals surface area contributed by atoms with Crippen LogP contribution in [0.4, 0.5) is 27.0 Å². The van der Waals surface area contributed by atoms with Crippen molar-refractivity contribution in [3.8, 4) is 0 Å². The van der Waals surface area contributed by atoms with Crippen LogP contribution < -0.4 is 26.4 Å². The lowest BCUT2D eigenvalue weighted by molar-refractivity contribution is -0.116. The third-order valence-corrected chi connectivity index (χ3v) is 5.78. The van der Waals surface area contributed by atoms with E-state index in [0.29, 0.717) is 27.9 Å². The summed E-state index contributed by atoms with van der Waals surface area (Å²) in [4.78, 5) is 39.6. The fourth-order valence-electron chi connectivity index (χ4n) is 2.64. The molecule has 0 bridgehead atoms. The van der Waals surface area contributed by atoms with Crippen LogP contribution in [0.1, 0.15) is 12.6 Å². The smallest absolute Gasteiger partial charge is 0.325 e. The van der Waals surface area contributed by atoms with E-state index in [1.165, 1.54) is 31.2 Å². The number of hydrogen-bond acceptors (Lipinski definition) is 7. The largest absolute Gasteiger partial charge is 0.326 e. The first-order chi connectivity index (χ1) is 15.6. The summed E-state index contributed by atoms with van der Waals surface area (Å²) in [5.41, 5.74) is 1.99. The zero-order chi connectivity index (χ0) is 24.0.